The summed E-state index contributed by atoms with van der Waals surface area (Å²) in [6.07, 6.45) is -0.640. The molecule has 1 amide bonds. The third-order valence-corrected chi connectivity index (χ3v) is 5.16. The van der Waals surface area contributed by atoms with Crippen molar-refractivity contribution in [2.45, 2.75) is 18.2 Å². The molecule has 7 nitrogen and oxygen atoms in total. The van der Waals surface area contributed by atoms with Gasteiger partial charge in [-0.15, -0.1) is 10.2 Å². The van der Waals surface area contributed by atoms with Crippen LogP contribution in [0.3, 0.4) is 0 Å². The molecule has 158 valence electrons. The molecule has 1 unspecified atom stereocenters. The Labute approximate surface area is 176 Å². The highest BCUT2D eigenvalue weighted by molar-refractivity contribution is 7.99. The topological polar surface area (TPSA) is 78.3 Å². The number of benzene rings is 2. The lowest BCUT2D eigenvalue weighted by molar-refractivity contribution is -0.113. The summed E-state index contributed by atoms with van der Waals surface area (Å²) in [4.78, 5) is 12.3. The molecular formula is C20H20F2N4O3S. The minimum atomic E-state index is -0.799. The van der Waals surface area contributed by atoms with Gasteiger partial charge < -0.3 is 19.4 Å². The Kier molecular flexibility index (Phi) is 6.88. The normalized spacial score (nSPS) is 11.8. The standard InChI is InChI=1S/C20H20F2N4O3S/c1-12(29-16-9-8-13(21)10-14(16)22)19-24-25-20(26(19)2)30-11-18(27)23-15-6-4-5-7-17(15)28-3/h4-10,12H,11H2,1-3H3,(H,23,27). The number of aromatic nitrogens is 3. The van der Waals surface area contributed by atoms with Crippen LogP contribution in [0.2, 0.25) is 0 Å². The van der Waals surface area contributed by atoms with E-state index >= 15 is 0 Å². The minimum Gasteiger partial charge on any atom is -0.495 e. The molecule has 2 aromatic carbocycles. The summed E-state index contributed by atoms with van der Waals surface area (Å²) in [6.45, 7) is 1.68. The van der Waals surface area contributed by atoms with E-state index < -0.39 is 17.7 Å². The maximum Gasteiger partial charge on any atom is 0.234 e. The average Bonchev–Trinajstić information content (AvgIpc) is 3.09. The highest BCUT2D eigenvalue weighted by Gasteiger charge is 2.19. The summed E-state index contributed by atoms with van der Waals surface area (Å²) >= 11 is 1.19. The van der Waals surface area contributed by atoms with Gasteiger partial charge in [-0.2, -0.15) is 0 Å². The van der Waals surface area contributed by atoms with Crippen LogP contribution in [0, 0.1) is 11.6 Å². The van der Waals surface area contributed by atoms with Crippen LogP contribution in [-0.2, 0) is 11.8 Å². The Morgan fingerprint density at radius 1 is 1.20 bits per heavy atom. The number of nitrogens with zero attached hydrogens (tertiary/aromatic N) is 3. The first-order chi connectivity index (χ1) is 14.4. The molecule has 0 radical (unpaired) electrons. The van der Waals surface area contributed by atoms with Gasteiger partial charge in [0.05, 0.1) is 18.6 Å². The number of methoxy groups -OCH3 is 1. The quantitative estimate of drug-likeness (QED) is 0.541. The summed E-state index contributed by atoms with van der Waals surface area (Å²) in [5, 5.41) is 11.4. The molecule has 10 heteroatoms. The molecule has 0 aliphatic carbocycles. The van der Waals surface area contributed by atoms with Crippen LogP contribution < -0.4 is 14.8 Å². The number of carbonyl (C=O) groups excluding carboxylic acids is 1. The first kappa shape index (κ1) is 21.6. The van der Waals surface area contributed by atoms with Crippen molar-refractivity contribution in [2.75, 3.05) is 18.2 Å². The van der Waals surface area contributed by atoms with Crippen molar-refractivity contribution < 1.29 is 23.0 Å². The van der Waals surface area contributed by atoms with Crippen molar-refractivity contribution >= 4 is 23.4 Å². The van der Waals surface area contributed by atoms with Crippen LogP contribution in [-0.4, -0.2) is 33.5 Å². The first-order valence-electron chi connectivity index (χ1n) is 8.95. The van der Waals surface area contributed by atoms with E-state index in [1.807, 2.05) is 6.07 Å². The average molecular weight is 434 g/mol. The number of anilines is 1. The minimum absolute atomic E-state index is 0.0858. The maximum absolute atomic E-state index is 13.8. The van der Waals surface area contributed by atoms with E-state index in [0.717, 1.165) is 12.1 Å². The van der Waals surface area contributed by atoms with Crippen LogP contribution in [0.4, 0.5) is 14.5 Å². The number of nitrogens with one attached hydrogen (secondary N) is 1. The molecule has 1 aromatic heterocycles. The Bertz CT molecular complexity index is 1040. The predicted octanol–water partition coefficient (Wildman–Crippen LogP) is 3.97. The van der Waals surface area contributed by atoms with Gasteiger partial charge in [-0.3, -0.25) is 4.79 Å². The monoisotopic (exact) mass is 434 g/mol. The van der Waals surface area contributed by atoms with Gasteiger partial charge in [-0.25, -0.2) is 8.78 Å². The van der Waals surface area contributed by atoms with Gasteiger partial charge in [0, 0.05) is 13.1 Å². The van der Waals surface area contributed by atoms with Gasteiger partial charge in [-0.1, -0.05) is 23.9 Å². The summed E-state index contributed by atoms with van der Waals surface area (Å²) in [6, 6.07) is 10.2. The van der Waals surface area contributed by atoms with Crippen molar-refractivity contribution in [1.82, 2.24) is 14.8 Å². The Hall–Kier alpha value is -3.14. The van der Waals surface area contributed by atoms with Crippen molar-refractivity contribution in [3.8, 4) is 11.5 Å². The fourth-order valence-corrected chi connectivity index (χ4v) is 3.40. The van der Waals surface area contributed by atoms with Crippen LogP contribution in [0.5, 0.6) is 11.5 Å². The number of amides is 1. The van der Waals surface area contributed by atoms with Crippen LogP contribution >= 0.6 is 11.8 Å². The molecule has 0 bridgehead atoms. The summed E-state index contributed by atoms with van der Waals surface area (Å²) in [5.41, 5.74) is 0.576. The van der Waals surface area contributed by atoms with E-state index in [0.29, 0.717) is 22.4 Å². The molecule has 0 saturated carbocycles. The zero-order chi connectivity index (χ0) is 21.7. The molecule has 3 aromatic rings. The van der Waals surface area contributed by atoms with Crippen LogP contribution in [0.25, 0.3) is 0 Å². The largest absolute Gasteiger partial charge is 0.495 e. The van der Waals surface area contributed by atoms with Crippen LogP contribution in [0.15, 0.2) is 47.6 Å². The van der Waals surface area contributed by atoms with Gasteiger partial charge in [-0.05, 0) is 31.2 Å². The van der Waals surface area contributed by atoms with E-state index in [4.69, 9.17) is 9.47 Å². The molecule has 3 rings (SSSR count). The summed E-state index contributed by atoms with van der Waals surface area (Å²) in [5.74, 6) is -0.694. The highest BCUT2D eigenvalue weighted by Crippen LogP contribution is 2.27. The molecule has 0 spiro atoms. The lowest BCUT2D eigenvalue weighted by Crippen LogP contribution is -2.15. The SMILES string of the molecule is COc1ccccc1NC(=O)CSc1nnc(C(C)Oc2ccc(F)cc2F)n1C. The zero-order valence-corrected chi connectivity index (χ0v) is 17.4. The smallest absolute Gasteiger partial charge is 0.234 e. The van der Waals surface area contributed by atoms with Gasteiger partial charge in [0.25, 0.3) is 0 Å². The van der Waals surface area contributed by atoms with E-state index in [-0.39, 0.29) is 17.4 Å². The van der Waals surface area contributed by atoms with E-state index in [1.165, 1.54) is 24.9 Å². The lowest BCUT2D eigenvalue weighted by Gasteiger charge is -2.14. The van der Waals surface area contributed by atoms with Crippen molar-refractivity contribution in [2.24, 2.45) is 7.05 Å². The third-order valence-electron chi connectivity index (χ3n) is 4.14. The molecule has 1 N–H and O–H groups in total. The number of thioether (sulfide) groups is 1. The van der Waals surface area contributed by atoms with Gasteiger partial charge in [0.2, 0.25) is 5.91 Å². The first-order valence-corrected chi connectivity index (χ1v) is 9.94. The van der Waals surface area contributed by atoms with Crippen molar-refractivity contribution in [3.63, 3.8) is 0 Å². The fraction of sp³-hybridized carbons (Fsp3) is 0.250. The molecule has 1 atom stereocenters. The molecule has 30 heavy (non-hydrogen) atoms. The second kappa shape index (κ2) is 9.57. The number of hydrogen-bond donors (Lipinski definition) is 1. The summed E-state index contributed by atoms with van der Waals surface area (Å²) in [7, 11) is 3.25. The molecule has 0 saturated heterocycles. The second-order valence-electron chi connectivity index (χ2n) is 6.27. The number of hydrogen-bond acceptors (Lipinski definition) is 6. The predicted molar refractivity (Wildman–Crippen MR) is 109 cm³/mol. The van der Waals surface area contributed by atoms with Gasteiger partial charge in [0.1, 0.15) is 11.6 Å². The second-order valence-corrected chi connectivity index (χ2v) is 7.21. The molecular weight excluding hydrogens is 414 g/mol. The van der Waals surface area contributed by atoms with E-state index in [1.54, 1.807) is 36.7 Å². The van der Waals surface area contributed by atoms with Gasteiger partial charge >= 0.3 is 0 Å². The number of halogens is 2. The lowest BCUT2D eigenvalue weighted by atomic mass is 10.3. The Balaban J connectivity index is 1.61. The van der Waals surface area contributed by atoms with Crippen molar-refractivity contribution in [3.05, 3.63) is 59.9 Å². The molecule has 0 aliphatic rings. The zero-order valence-electron chi connectivity index (χ0n) is 16.6. The third kappa shape index (κ3) is 5.07. The van der Waals surface area contributed by atoms with Crippen LogP contribution in [0.1, 0.15) is 18.9 Å². The number of ether oxygens (including phenoxy) is 2. The van der Waals surface area contributed by atoms with Crippen molar-refractivity contribution in [1.29, 1.82) is 0 Å². The Morgan fingerprint density at radius 3 is 2.70 bits per heavy atom. The highest BCUT2D eigenvalue weighted by atomic mass is 32.2. The van der Waals surface area contributed by atoms with E-state index in [2.05, 4.69) is 15.5 Å². The fourth-order valence-electron chi connectivity index (χ4n) is 2.68. The maximum atomic E-state index is 13.8. The van der Waals surface area contributed by atoms with Gasteiger partial charge in [0.15, 0.2) is 28.7 Å². The molecule has 0 fully saturated rings. The molecule has 0 aliphatic heterocycles. The number of rotatable bonds is 8. The number of para-hydroxylation sites is 2. The summed E-state index contributed by atoms with van der Waals surface area (Å²) < 4.78 is 39.3. The number of carbonyl (C=O) groups is 1. The Morgan fingerprint density at radius 2 is 1.97 bits per heavy atom. The molecule has 1 heterocycles. The van der Waals surface area contributed by atoms with E-state index in [9.17, 15) is 13.6 Å².